The Balaban J connectivity index is 1.84. The number of benzene rings is 2. The molecule has 2 aromatic rings. The largest absolute Gasteiger partial charge is 0.493 e. The van der Waals surface area contributed by atoms with Gasteiger partial charge in [0.1, 0.15) is 23.7 Å². The third-order valence-corrected chi connectivity index (χ3v) is 6.62. The maximum absolute atomic E-state index is 13.4. The van der Waals surface area contributed by atoms with Gasteiger partial charge in [0.25, 0.3) is 5.91 Å². The summed E-state index contributed by atoms with van der Waals surface area (Å²) < 4.78 is 19.2. The van der Waals surface area contributed by atoms with Crippen molar-refractivity contribution in [1.29, 1.82) is 0 Å². The molecule has 0 bridgehead atoms. The van der Waals surface area contributed by atoms with Gasteiger partial charge in [0.2, 0.25) is 17.7 Å². The van der Waals surface area contributed by atoms with Gasteiger partial charge in [-0.25, -0.2) is 4.39 Å². The standard InChI is InChI=1S/C29H37FN4O5/c1-18(2)25-28(38)31-14-7-15-39-23-9-6-5-8-21(23)26(36)33-22(16-24(35)34-25)27(37)32-17-29(3,4)19-10-12-20(30)13-11-19/h5-6,8-13,18,22,25H,7,14-17H2,1-4H3,(H,31,38)(H,32,37)(H,33,36)(H,34,35)/t22-,25+/m0/s1. The number of para-hydroxylation sites is 1. The summed E-state index contributed by atoms with van der Waals surface area (Å²) in [6.07, 6.45) is 0.114. The fourth-order valence-corrected chi connectivity index (χ4v) is 4.19. The van der Waals surface area contributed by atoms with Crippen LogP contribution in [0.1, 0.15) is 56.5 Å². The number of carbonyl (C=O) groups is 4. The Kier molecular flexibility index (Phi) is 10.0. The Morgan fingerprint density at radius 2 is 1.77 bits per heavy atom. The average molecular weight is 541 g/mol. The quantitative estimate of drug-likeness (QED) is 0.464. The van der Waals surface area contributed by atoms with Crippen molar-refractivity contribution in [2.24, 2.45) is 5.92 Å². The minimum atomic E-state index is -1.23. The smallest absolute Gasteiger partial charge is 0.255 e. The van der Waals surface area contributed by atoms with Crippen molar-refractivity contribution in [1.82, 2.24) is 21.3 Å². The summed E-state index contributed by atoms with van der Waals surface area (Å²) in [5, 5.41) is 11.0. The molecule has 4 amide bonds. The van der Waals surface area contributed by atoms with Crippen molar-refractivity contribution in [3.8, 4) is 5.75 Å². The molecular formula is C29H37FN4O5. The van der Waals surface area contributed by atoms with Crippen LogP contribution in [0.15, 0.2) is 48.5 Å². The summed E-state index contributed by atoms with van der Waals surface area (Å²) in [5.41, 5.74) is 0.475. The molecule has 0 saturated carbocycles. The molecule has 2 atom stereocenters. The van der Waals surface area contributed by atoms with Crippen molar-refractivity contribution in [2.45, 2.75) is 58.0 Å². The van der Waals surface area contributed by atoms with Crippen molar-refractivity contribution >= 4 is 23.6 Å². The molecule has 0 saturated heterocycles. The van der Waals surface area contributed by atoms with Crippen LogP contribution in [0, 0.1) is 11.7 Å². The van der Waals surface area contributed by atoms with Crippen LogP contribution in [-0.4, -0.2) is 55.4 Å². The number of amides is 4. The van der Waals surface area contributed by atoms with Crippen molar-refractivity contribution in [3.63, 3.8) is 0 Å². The minimum absolute atomic E-state index is 0.169. The highest BCUT2D eigenvalue weighted by Gasteiger charge is 2.31. The van der Waals surface area contributed by atoms with Crippen molar-refractivity contribution in [3.05, 3.63) is 65.5 Å². The van der Waals surface area contributed by atoms with Gasteiger partial charge in [-0.1, -0.05) is 52.0 Å². The number of fused-ring (bicyclic) bond motifs is 1. The number of nitrogens with one attached hydrogen (secondary N) is 4. The van der Waals surface area contributed by atoms with E-state index in [1.165, 1.54) is 12.1 Å². The van der Waals surface area contributed by atoms with E-state index >= 15 is 0 Å². The monoisotopic (exact) mass is 540 g/mol. The van der Waals surface area contributed by atoms with E-state index in [1.807, 2.05) is 27.7 Å². The van der Waals surface area contributed by atoms with Gasteiger partial charge in [0.15, 0.2) is 0 Å². The predicted octanol–water partition coefficient (Wildman–Crippen LogP) is 2.45. The fraction of sp³-hybridized carbons (Fsp3) is 0.448. The first-order valence-electron chi connectivity index (χ1n) is 13.1. The van der Waals surface area contributed by atoms with Crippen LogP contribution in [0.2, 0.25) is 0 Å². The van der Waals surface area contributed by atoms with Gasteiger partial charge in [-0.3, -0.25) is 19.2 Å². The molecule has 9 nitrogen and oxygen atoms in total. The molecule has 0 fully saturated rings. The minimum Gasteiger partial charge on any atom is -0.493 e. The van der Waals surface area contributed by atoms with E-state index in [-0.39, 0.29) is 42.8 Å². The molecule has 0 unspecified atom stereocenters. The number of carbonyl (C=O) groups excluding carboxylic acids is 4. The van der Waals surface area contributed by atoms with Gasteiger partial charge in [-0.05, 0) is 42.2 Å². The van der Waals surface area contributed by atoms with E-state index in [1.54, 1.807) is 36.4 Å². The molecule has 1 aliphatic rings. The summed E-state index contributed by atoms with van der Waals surface area (Å²) in [6, 6.07) is 10.6. The molecule has 210 valence electrons. The molecule has 0 aliphatic carbocycles. The van der Waals surface area contributed by atoms with E-state index in [4.69, 9.17) is 4.74 Å². The van der Waals surface area contributed by atoms with Gasteiger partial charge in [-0.15, -0.1) is 0 Å². The first kappa shape index (κ1) is 29.6. The van der Waals surface area contributed by atoms with Crippen LogP contribution >= 0.6 is 0 Å². The Labute approximate surface area is 228 Å². The second kappa shape index (κ2) is 13.2. The Hall–Kier alpha value is -3.95. The van der Waals surface area contributed by atoms with Crippen LogP contribution in [0.3, 0.4) is 0 Å². The lowest BCUT2D eigenvalue weighted by Gasteiger charge is -2.27. The molecule has 1 heterocycles. The normalized spacial score (nSPS) is 19.4. The molecule has 3 rings (SSSR count). The molecule has 0 spiro atoms. The molecule has 10 heteroatoms. The zero-order chi connectivity index (χ0) is 28.6. The summed E-state index contributed by atoms with van der Waals surface area (Å²) in [5.74, 6) is -2.26. The third kappa shape index (κ3) is 8.27. The van der Waals surface area contributed by atoms with E-state index in [2.05, 4.69) is 21.3 Å². The zero-order valence-electron chi connectivity index (χ0n) is 22.8. The highest BCUT2D eigenvalue weighted by atomic mass is 19.1. The SMILES string of the molecule is CC(C)[C@H]1NC(=O)C[C@@H](C(=O)NCC(C)(C)c2ccc(F)cc2)NC(=O)c2ccccc2OCCCNC1=O. The number of hydrogen-bond acceptors (Lipinski definition) is 5. The van der Waals surface area contributed by atoms with Crippen molar-refractivity contribution < 1.29 is 28.3 Å². The van der Waals surface area contributed by atoms with Crippen LogP contribution in [0.5, 0.6) is 5.75 Å². The fourth-order valence-electron chi connectivity index (χ4n) is 4.19. The van der Waals surface area contributed by atoms with Gasteiger partial charge in [-0.2, -0.15) is 0 Å². The summed E-state index contributed by atoms with van der Waals surface area (Å²) in [7, 11) is 0. The molecule has 4 N–H and O–H groups in total. The molecule has 0 radical (unpaired) electrons. The highest BCUT2D eigenvalue weighted by molar-refractivity contribution is 6.01. The first-order chi connectivity index (χ1) is 18.5. The van der Waals surface area contributed by atoms with E-state index in [0.29, 0.717) is 18.7 Å². The first-order valence-corrected chi connectivity index (χ1v) is 13.1. The second-order valence-corrected chi connectivity index (χ2v) is 10.6. The Morgan fingerprint density at radius 3 is 2.46 bits per heavy atom. The molecule has 0 aromatic heterocycles. The van der Waals surface area contributed by atoms with E-state index < -0.39 is 35.2 Å². The highest BCUT2D eigenvalue weighted by Crippen LogP contribution is 2.23. The lowest BCUT2D eigenvalue weighted by molar-refractivity contribution is -0.131. The number of rotatable bonds is 5. The van der Waals surface area contributed by atoms with Gasteiger partial charge < -0.3 is 26.0 Å². The lowest BCUT2D eigenvalue weighted by atomic mass is 9.84. The lowest BCUT2D eigenvalue weighted by Crippen LogP contribution is -2.54. The zero-order valence-corrected chi connectivity index (χ0v) is 22.8. The number of hydrogen-bond donors (Lipinski definition) is 4. The van der Waals surface area contributed by atoms with Gasteiger partial charge in [0, 0.05) is 18.5 Å². The van der Waals surface area contributed by atoms with E-state index in [9.17, 15) is 23.6 Å². The second-order valence-electron chi connectivity index (χ2n) is 10.6. The van der Waals surface area contributed by atoms with Crippen molar-refractivity contribution in [2.75, 3.05) is 19.7 Å². The van der Waals surface area contributed by atoms with Gasteiger partial charge in [0.05, 0.1) is 18.6 Å². The summed E-state index contributed by atoms with van der Waals surface area (Å²) in [6.45, 7) is 8.16. The van der Waals surface area contributed by atoms with Crippen LogP contribution in [0.4, 0.5) is 4.39 Å². The van der Waals surface area contributed by atoms with Gasteiger partial charge >= 0.3 is 0 Å². The topological polar surface area (TPSA) is 126 Å². The van der Waals surface area contributed by atoms with Crippen LogP contribution < -0.4 is 26.0 Å². The summed E-state index contributed by atoms with van der Waals surface area (Å²) >= 11 is 0. The molecule has 39 heavy (non-hydrogen) atoms. The maximum Gasteiger partial charge on any atom is 0.255 e. The maximum atomic E-state index is 13.4. The Morgan fingerprint density at radius 1 is 1.08 bits per heavy atom. The summed E-state index contributed by atoms with van der Waals surface area (Å²) in [4.78, 5) is 52.3. The number of halogens is 1. The van der Waals surface area contributed by atoms with E-state index in [0.717, 1.165) is 5.56 Å². The molecular weight excluding hydrogens is 503 g/mol. The average Bonchev–Trinajstić information content (AvgIpc) is 2.89. The van der Waals surface area contributed by atoms with Crippen LogP contribution in [-0.2, 0) is 19.8 Å². The third-order valence-electron chi connectivity index (χ3n) is 6.62. The molecule has 1 aliphatic heterocycles. The van der Waals surface area contributed by atoms with Crippen LogP contribution in [0.25, 0.3) is 0 Å². The Bertz CT molecular complexity index is 1180. The molecule has 2 aromatic carbocycles. The predicted molar refractivity (Wildman–Crippen MR) is 145 cm³/mol. The number of ether oxygens (including phenoxy) is 1.